The molecule has 1 aliphatic carbocycles. The van der Waals surface area contributed by atoms with Gasteiger partial charge in [-0.3, -0.25) is 4.79 Å². The second-order valence-electron chi connectivity index (χ2n) is 4.10. The van der Waals surface area contributed by atoms with E-state index in [9.17, 15) is 18.0 Å². The quantitative estimate of drug-likeness (QED) is 0.824. The van der Waals surface area contributed by atoms with E-state index in [4.69, 9.17) is 0 Å². The highest BCUT2D eigenvalue weighted by molar-refractivity contribution is 5.79. The molecule has 2 rings (SSSR count). The molecule has 2 N–H and O–H groups in total. The van der Waals surface area contributed by atoms with Crippen LogP contribution in [0.15, 0.2) is 6.33 Å². The van der Waals surface area contributed by atoms with Crippen molar-refractivity contribution in [2.45, 2.75) is 25.4 Å². The van der Waals surface area contributed by atoms with E-state index in [2.05, 4.69) is 9.97 Å². The van der Waals surface area contributed by atoms with E-state index in [-0.39, 0.29) is 0 Å². The van der Waals surface area contributed by atoms with Crippen LogP contribution in [0.4, 0.5) is 13.2 Å². The first-order valence-electron chi connectivity index (χ1n) is 5.31. The Hall–Kier alpha value is -1.53. The van der Waals surface area contributed by atoms with Gasteiger partial charge in [0, 0.05) is 18.0 Å². The summed E-state index contributed by atoms with van der Waals surface area (Å²) in [7, 11) is 0. The van der Waals surface area contributed by atoms with Gasteiger partial charge in [-0.25, -0.2) is 4.98 Å². The zero-order valence-electron chi connectivity index (χ0n) is 8.97. The van der Waals surface area contributed by atoms with Crippen LogP contribution in [0.1, 0.15) is 17.8 Å². The number of alkyl halides is 3. The number of aromatic nitrogens is 2. The lowest BCUT2D eigenvalue weighted by Gasteiger charge is -2.20. The Bertz CT molecular complexity index is 413. The number of aromatic amines is 1. The molecule has 0 aromatic carbocycles. The fourth-order valence-electron chi connectivity index (χ4n) is 1.96. The molecule has 0 bridgehead atoms. The summed E-state index contributed by atoms with van der Waals surface area (Å²) in [5.74, 6) is -0.937. The SMILES string of the molecule is O=C(NCC(F)(F)F)[C@H]1CCc2nc[nH]c2C1. The number of nitrogens with one attached hydrogen (secondary N) is 2. The molecule has 0 saturated heterocycles. The smallest absolute Gasteiger partial charge is 0.348 e. The molecular weight excluding hydrogens is 235 g/mol. The highest BCUT2D eigenvalue weighted by Crippen LogP contribution is 2.23. The van der Waals surface area contributed by atoms with Gasteiger partial charge in [-0.15, -0.1) is 0 Å². The van der Waals surface area contributed by atoms with Crippen LogP contribution < -0.4 is 5.32 Å². The minimum absolute atomic E-state index is 0.398. The van der Waals surface area contributed by atoms with Crippen LogP contribution in [-0.4, -0.2) is 28.6 Å². The van der Waals surface area contributed by atoms with Crippen molar-refractivity contribution in [1.29, 1.82) is 0 Å². The summed E-state index contributed by atoms with van der Waals surface area (Å²) >= 11 is 0. The Labute approximate surface area is 95.6 Å². The van der Waals surface area contributed by atoms with E-state index in [1.807, 2.05) is 5.32 Å². The average molecular weight is 247 g/mol. The topological polar surface area (TPSA) is 57.8 Å². The van der Waals surface area contributed by atoms with Crippen LogP contribution in [0.25, 0.3) is 0 Å². The predicted molar refractivity (Wildman–Crippen MR) is 53.2 cm³/mol. The van der Waals surface area contributed by atoms with Crippen LogP contribution in [0.3, 0.4) is 0 Å². The number of aryl methyl sites for hydroxylation is 1. The average Bonchev–Trinajstić information content (AvgIpc) is 2.71. The van der Waals surface area contributed by atoms with Gasteiger partial charge >= 0.3 is 6.18 Å². The van der Waals surface area contributed by atoms with Gasteiger partial charge in [0.2, 0.25) is 5.91 Å². The van der Waals surface area contributed by atoms with Crippen molar-refractivity contribution in [2.75, 3.05) is 6.54 Å². The van der Waals surface area contributed by atoms with Gasteiger partial charge in [-0.1, -0.05) is 0 Å². The number of nitrogens with zero attached hydrogens (tertiary/aromatic N) is 1. The Morgan fingerprint density at radius 3 is 3.06 bits per heavy atom. The number of imidazole rings is 1. The number of H-pyrrole nitrogens is 1. The van der Waals surface area contributed by atoms with E-state index >= 15 is 0 Å². The van der Waals surface area contributed by atoms with Crippen LogP contribution in [0.5, 0.6) is 0 Å². The third-order valence-corrected chi connectivity index (χ3v) is 2.82. The molecule has 1 amide bonds. The standard InChI is InChI=1S/C10H12F3N3O/c11-10(12,13)4-14-9(17)6-1-2-7-8(3-6)16-5-15-7/h5-6H,1-4H2,(H,14,17)(H,15,16)/t6-/m0/s1. The zero-order valence-corrected chi connectivity index (χ0v) is 8.97. The number of rotatable bonds is 2. The number of hydrogen-bond donors (Lipinski definition) is 2. The second-order valence-corrected chi connectivity index (χ2v) is 4.10. The largest absolute Gasteiger partial charge is 0.405 e. The highest BCUT2D eigenvalue weighted by Gasteiger charge is 2.31. The van der Waals surface area contributed by atoms with E-state index < -0.39 is 24.5 Å². The Morgan fingerprint density at radius 1 is 1.59 bits per heavy atom. The molecule has 0 saturated carbocycles. The van der Waals surface area contributed by atoms with Gasteiger partial charge in [0.25, 0.3) is 0 Å². The van der Waals surface area contributed by atoms with Gasteiger partial charge in [-0.05, 0) is 12.8 Å². The summed E-state index contributed by atoms with van der Waals surface area (Å²) in [5.41, 5.74) is 1.76. The van der Waals surface area contributed by atoms with Gasteiger partial charge in [0.05, 0.1) is 12.0 Å². The molecule has 1 aliphatic rings. The number of carbonyl (C=O) groups is 1. The molecule has 4 nitrogen and oxygen atoms in total. The Balaban J connectivity index is 1.90. The molecule has 17 heavy (non-hydrogen) atoms. The van der Waals surface area contributed by atoms with Crippen molar-refractivity contribution < 1.29 is 18.0 Å². The van der Waals surface area contributed by atoms with Crippen molar-refractivity contribution in [3.05, 3.63) is 17.7 Å². The third kappa shape index (κ3) is 2.98. The van der Waals surface area contributed by atoms with E-state index in [0.29, 0.717) is 19.3 Å². The molecule has 7 heteroatoms. The lowest BCUT2D eigenvalue weighted by Crippen LogP contribution is -2.39. The molecule has 0 aliphatic heterocycles. The third-order valence-electron chi connectivity index (χ3n) is 2.82. The summed E-state index contributed by atoms with van der Waals surface area (Å²) in [6.45, 7) is -1.27. The number of fused-ring (bicyclic) bond motifs is 1. The van der Waals surface area contributed by atoms with Crippen LogP contribution in [0.2, 0.25) is 0 Å². The Morgan fingerprint density at radius 2 is 2.35 bits per heavy atom. The first-order chi connectivity index (χ1) is 7.96. The fraction of sp³-hybridized carbons (Fsp3) is 0.600. The number of halogens is 3. The summed E-state index contributed by atoms with van der Waals surface area (Å²) in [6, 6.07) is 0. The van der Waals surface area contributed by atoms with Crippen molar-refractivity contribution in [3.8, 4) is 0 Å². The van der Waals surface area contributed by atoms with Gasteiger partial charge < -0.3 is 10.3 Å². The summed E-state index contributed by atoms with van der Waals surface area (Å²) in [4.78, 5) is 18.5. The molecule has 0 spiro atoms. The molecule has 1 aromatic heterocycles. The first-order valence-corrected chi connectivity index (χ1v) is 5.31. The minimum Gasteiger partial charge on any atom is -0.348 e. The minimum atomic E-state index is -4.36. The molecule has 0 unspecified atom stereocenters. The molecule has 0 fully saturated rings. The summed E-state index contributed by atoms with van der Waals surface area (Å²) in [5, 5.41) is 1.92. The maximum atomic E-state index is 11.9. The number of hydrogen-bond acceptors (Lipinski definition) is 2. The summed E-state index contributed by atoms with van der Waals surface area (Å²) in [6.07, 6.45) is -1.21. The number of carbonyl (C=O) groups excluding carboxylic acids is 1. The van der Waals surface area contributed by atoms with Gasteiger partial charge in [0.15, 0.2) is 0 Å². The second kappa shape index (κ2) is 4.38. The monoisotopic (exact) mass is 247 g/mol. The molecule has 0 radical (unpaired) electrons. The van der Waals surface area contributed by atoms with E-state index in [1.54, 1.807) is 6.33 Å². The lowest BCUT2D eigenvalue weighted by molar-refractivity contribution is -0.141. The van der Waals surface area contributed by atoms with Crippen LogP contribution in [0, 0.1) is 5.92 Å². The molecule has 1 heterocycles. The first kappa shape index (κ1) is 11.9. The van der Waals surface area contributed by atoms with Gasteiger partial charge in [-0.2, -0.15) is 13.2 Å². The van der Waals surface area contributed by atoms with Crippen LogP contribution >= 0.6 is 0 Å². The summed E-state index contributed by atoms with van der Waals surface area (Å²) < 4.78 is 35.8. The predicted octanol–water partition coefficient (Wildman–Crippen LogP) is 1.19. The van der Waals surface area contributed by atoms with E-state index in [0.717, 1.165) is 11.4 Å². The van der Waals surface area contributed by atoms with Crippen molar-refractivity contribution in [1.82, 2.24) is 15.3 Å². The van der Waals surface area contributed by atoms with E-state index in [1.165, 1.54) is 0 Å². The van der Waals surface area contributed by atoms with Crippen molar-refractivity contribution in [2.24, 2.45) is 5.92 Å². The van der Waals surface area contributed by atoms with Gasteiger partial charge in [0.1, 0.15) is 6.54 Å². The fourth-order valence-corrected chi connectivity index (χ4v) is 1.96. The molecule has 1 atom stereocenters. The normalized spacial score (nSPS) is 19.8. The Kier molecular flexibility index (Phi) is 3.08. The number of amides is 1. The maximum absolute atomic E-state index is 11.9. The molecule has 1 aromatic rings. The maximum Gasteiger partial charge on any atom is 0.405 e. The zero-order chi connectivity index (χ0) is 12.5. The highest BCUT2D eigenvalue weighted by atomic mass is 19.4. The lowest BCUT2D eigenvalue weighted by atomic mass is 9.89. The van der Waals surface area contributed by atoms with Crippen molar-refractivity contribution >= 4 is 5.91 Å². The molecule has 94 valence electrons. The van der Waals surface area contributed by atoms with Crippen LogP contribution in [-0.2, 0) is 17.6 Å². The van der Waals surface area contributed by atoms with Crippen molar-refractivity contribution in [3.63, 3.8) is 0 Å². The molecular formula is C10H12F3N3O.